The van der Waals surface area contributed by atoms with Gasteiger partial charge >= 0.3 is 0 Å². The first-order valence-corrected chi connectivity index (χ1v) is 5.62. The zero-order chi connectivity index (χ0) is 11.4. The summed E-state index contributed by atoms with van der Waals surface area (Å²) in [5.41, 5.74) is 6.60. The number of halogens is 2. The normalized spacial score (nSPS) is 13.2. The maximum absolute atomic E-state index is 13.2. The fraction of sp³-hybridized carbons (Fsp3) is 0.455. The van der Waals surface area contributed by atoms with Crippen LogP contribution in [0.5, 0.6) is 0 Å². The molecule has 1 atom stereocenters. The van der Waals surface area contributed by atoms with E-state index in [1.54, 1.807) is 12.1 Å². The molecule has 0 amide bonds. The van der Waals surface area contributed by atoms with Crippen LogP contribution in [-0.4, -0.2) is 12.7 Å². The Morgan fingerprint density at radius 2 is 2.13 bits per heavy atom. The minimum Gasteiger partial charge on any atom is -0.377 e. The third-order valence-corrected chi connectivity index (χ3v) is 2.62. The number of rotatable bonds is 4. The van der Waals surface area contributed by atoms with Gasteiger partial charge in [-0.25, -0.2) is 4.39 Å². The smallest absolute Gasteiger partial charge is 0.137 e. The minimum atomic E-state index is -0.299. The van der Waals surface area contributed by atoms with E-state index in [1.165, 1.54) is 6.07 Å². The Morgan fingerprint density at radius 1 is 1.47 bits per heavy atom. The standard InChI is InChI=1S/C11H15BrFNO/c1-7(2)15-6-11(14)8-3-4-9(12)10(13)5-8/h3-5,7,11H,6,14H2,1-2H3. The van der Waals surface area contributed by atoms with Crippen molar-refractivity contribution in [2.24, 2.45) is 5.73 Å². The van der Waals surface area contributed by atoms with Crippen LogP contribution in [0.4, 0.5) is 4.39 Å². The Balaban J connectivity index is 2.65. The van der Waals surface area contributed by atoms with Gasteiger partial charge in [0.2, 0.25) is 0 Å². The third kappa shape index (κ3) is 3.89. The molecule has 1 unspecified atom stereocenters. The fourth-order valence-corrected chi connectivity index (χ4v) is 1.38. The highest BCUT2D eigenvalue weighted by molar-refractivity contribution is 9.10. The Morgan fingerprint density at radius 3 is 2.67 bits per heavy atom. The molecule has 0 aliphatic heterocycles. The molecule has 0 aliphatic rings. The average molecular weight is 276 g/mol. The van der Waals surface area contributed by atoms with Gasteiger partial charge in [0, 0.05) is 0 Å². The summed E-state index contributed by atoms with van der Waals surface area (Å²) >= 11 is 3.09. The van der Waals surface area contributed by atoms with Crippen LogP contribution in [-0.2, 0) is 4.74 Å². The average Bonchev–Trinajstić information content (AvgIpc) is 2.18. The predicted octanol–water partition coefficient (Wildman–Crippen LogP) is 3.01. The molecule has 1 rings (SSSR count). The molecule has 1 aromatic rings. The molecular weight excluding hydrogens is 261 g/mol. The van der Waals surface area contributed by atoms with E-state index in [0.717, 1.165) is 5.56 Å². The van der Waals surface area contributed by atoms with Crippen LogP contribution in [0.25, 0.3) is 0 Å². The summed E-state index contributed by atoms with van der Waals surface area (Å²) in [6.45, 7) is 4.28. The summed E-state index contributed by atoms with van der Waals surface area (Å²) in [6.07, 6.45) is 0.136. The zero-order valence-electron chi connectivity index (χ0n) is 8.84. The molecule has 0 aliphatic carbocycles. The summed E-state index contributed by atoms with van der Waals surface area (Å²) in [6, 6.07) is 4.59. The van der Waals surface area contributed by atoms with E-state index in [4.69, 9.17) is 10.5 Å². The van der Waals surface area contributed by atoms with Crippen molar-refractivity contribution in [2.75, 3.05) is 6.61 Å². The molecule has 1 aromatic carbocycles. The lowest BCUT2D eigenvalue weighted by Gasteiger charge is -2.14. The van der Waals surface area contributed by atoms with Crippen molar-refractivity contribution in [3.05, 3.63) is 34.1 Å². The van der Waals surface area contributed by atoms with Gasteiger partial charge < -0.3 is 10.5 Å². The van der Waals surface area contributed by atoms with Crippen molar-refractivity contribution in [1.29, 1.82) is 0 Å². The van der Waals surface area contributed by atoms with Crippen LogP contribution in [0.1, 0.15) is 25.5 Å². The molecule has 0 spiro atoms. The second-order valence-corrected chi connectivity index (χ2v) is 4.52. The number of nitrogens with two attached hydrogens (primary N) is 1. The summed E-state index contributed by atoms with van der Waals surface area (Å²) in [5, 5.41) is 0. The Hall–Kier alpha value is -0.450. The van der Waals surface area contributed by atoms with Crippen molar-refractivity contribution in [1.82, 2.24) is 0 Å². The van der Waals surface area contributed by atoms with Gasteiger partial charge in [-0.3, -0.25) is 0 Å². The van der Waals surface area contributed by atoms with Crippen LogP contribution < -0.4 is 5.73 Å². The second-order valence-electron chi connectivity index (χ2n) is 3.66. The molecule has 0 bridgehead atoms. The Bertz CT molecular complexity index is 330. The second kappa shape index (κ2) is 5.58. The number of benzene rings is 1. The van der Waals surface area contributed by atoms with E-state index < -0.39 is 0 Å². The minimum absolute atomic E-state index is 0.136. The van der Waals surface area contributed by atoms with Crippen LogP contribution in [0.3, 0.4) is 0 Å². The van der Waals surface area contributed by atoms with Crippen LogP contribution in [0, 0.1) is 5.82 Å². The molecule has 4 heteroatoms. The lowest BCUT2D eigenvalue weighted by molar-refractivity contribution is 0.0682. The molecule has 0 saturated heterocycles. The topological polar surface area (TPSA) is 35.2 Å². The molecule has 0 saturated carbocycles. The number of hydrogen-bond acceptors (Lipinski definition) is 2. The maximum atomic E-state index is 13.2. The lowest BCUT2D eigenvalue weighted by atomic mass is 10.1. The molecule has 0 radical (unpaired) electrons. The quantitative estimate of drug-likeness (QED) is 0.917. The van der Waals surface area contributed by atoms with Crippen LogP contribution >= 0.6 is 15.9 Å². The van der Waals surface area contributed by atoms with Gasteiger partial charge in [-0.1, -0.05) is 6.07 Å². The summed E-state index contributed by atoms with van der Waals surface area (Å²) in [4.78, 5) is 0. The van der Waals surface area contributed by atoms with Gasteiger partial charge in [-0.05, 0) is 47.5 Å². The van der Waals surface area contributed by atoms with Crippen molar-refractivity contribution in [3.8, 4) is 0 Å². The fourth-order valence-electron chi connectivity index (χ4n) is 1.14. The highest BCUT2D eigenvalue weighted by Crippen LogP contribution is 2.20. The summed E-state index contributed by atoms with van der Waals surface area (Å²) in [7, 11) is 0. The van der Waals surface area contributed by atoms with Crippen LogP contribution in [0.2, 0.25) is 0 Å². The first-order valence-electron chi connectivity index (χ1n) is 4.83. The molecule has 0 heterocycles. The number of hydrogen-bond donors (Lipinski definition) is 1. The lowest BCUT2D eigenvalue weighted by Crippen LogP contribution is -2.19. The molecule has 15 heavy (non-hydrogen) atoms. The molecular formula is C11H15BrFNO. The molecule has 0 fully saturated rings. The van der Waals surface area contributed by atoms with Gasteiger partial charge in [0.05, 0.1) is 23.2 Å². The van der Waals surface area contributed by atoms with E-state index in [1.807, 2.05) is 13.8 Å². The molecule has 2 N–H and O–H groups in total. The molecule has 84 valence electrons. The monoisotopic (exact) mass is 275 g/mol. The highest BCUT2D eigenvalue weighted by Gasteiger charge is 2.09. The predicted molar refractivity (Wildman–Crippen MR) is 62.1 cm³/mol. The number of ether oxygens (including phenoxy) is 1. The first-order chi connectivity index (χ1) is 7.00. The van der Waals surface area contributed by atoms with E-state index in [-0.39, 0.29) is 18.0 Å². The van der Waals surface area contributed by atoms with Gasteiger partial charge in [-0.15, -0.1) is 0 Å². The van der Waals surface area contributed by atoms with Crippen molar-refractivity contribution in [3.63, 3.8) is 0 Å². The van der Waals surface area contributed by atoms with E-state index in [2.05, 4.69) is 15.9 Å². The van der Waals surface area contributed by atoms with E-state index >= 15 is 0 Å². The Labute approximate surface area is 97.7 Å². The van der Waals surface area contributed by atoms with Gasteiger partial charge in [-0.2, -0.15) is 0 Å². The largest absolute Gasteiger partial charge is 0.377 e. The third-order valence-electron chi connectivity index (χ3n) is 1.98. The SMILES string of the molecule is CC(C)OCC(N)c1ccc(Br)c(F)c1. The zero-order valence-corrected chi connectivity index (χ0v) is 10.4. The van der Waals surface area contributed by atoms with Crippen molar-refractivity contribution >= 4 is 15.9 Å². The summed E-state index contributed by atoms with van der Waals surface area (Å²) in [5.74, 6) is -0.299. The van der Waals surface area contributed by atoms with Gasteiger partial charge in [0.1, 0.15) is 5.82 Å². The maximum Gasteiger partial charge on any atom is 0.137 e. The highest BCUT2D eigenvalue weighted by atomic mass is 79.9. The van der Waals surface area contributed by atoms with Crippen molar-refractivity contribution < 1.29 is 9.13 Å². The van der Waals surface area contributed by atoms with Crippen molar-refractivity contribution in [2.45, 2.75) is 26.0 Å². The van der Waals surface area contributed by atoms with E-state index in [9.17, 15) is 4.39 Å². The first kappa shape index (κ1) is 12.6. The summed E-state index contributed by atoms with van der Waals surface area (Å²) < 4.78 is 19.0. The van der Waals surface area contributed by atoms with Gasteiger partial charge in [0.25, 0.3) is 0 Å². The molecule has 2 nitrogen and oxygen atoms in total. The van der Waals surface area contributed by atoms with Gasteiger partial charge in [0.15, 0.2) is 0 Å². The van der Waals surface area contributed by atoms with E-state index in [0.29, 0.717) is 11.1 Å². The van der Waals surface area contributed by atoms with Crippen LogP contribution in [0.15, 0.2) is 22.7 Å². The molecule has 0 aromatic heterocycles. The Kier molecular flexibility index (Phi) is 4.70.